The zero-order valence-corrected chi connectivity index (χ0v) is 15.6. The van der Waals surface area contributed by atoms with E-state index in [1.807, 2.05) is 0 Å². The molecule has 9 heteroatoms. The lowest BCUT2D eigenvalue weighted by molar-refractivity contribution is 0.567. The van der Waals surface area contributed by atoms with E-state index in [0.29, 0.717) is 5.69 Å². The Labute approximate surface area is 159 Å². The Balaban J connectivity index is 1.82. The van der Waals surface area contributed by atoms with Gasteiger partial charge in [0.25, 0.3) is 5.56 Å². The van der Waals surface area contributed by atoms with Crippen LogP contribution in [0.3, 0.4) is 0 Å². The predicted molar refractivity (Wildman–Crippen MR) is 100 cm³/mol. The van der Waals surface area contributed by atoms with Crippen LogP contribution in [0.25, 0.3) is 10.8 Å². The molecule has 0 radical (unpaired) electrons. The lowest BCUT2D eigenvalue weighted by Crippen LogP contribution is -2.24. The summed E-state index contributed by atoms with van der Waals surface area (Å²) in [5.74, 6) is -0.982. The summed E-state index contributed by atoms with van der Waals surface area (Å²) in [6, 6.07) is 11.4. The average molecular weight is 398 g/mol. The van der Waals surface area contributed by atoms with E-state index < -0.39 is 26.1 Å². The van der Waals surface area contributed by atoms with Crippen molar-refractivity contribution in [1.29, 1.82) is 0 Å². The van der Waals surface area contributed by atoms with E-state index in [1.54, 1.807) is 42.2 Å². The van der Waals surface area contributed by atoms with Crippen LogP contribution < -0.4 is 5.56 Å². The van der Waals surface area contributed by atoms with Crippen molar-refractivity contribution in [3.05, 3.63) is 82.8 Å². The van der Waals surface area contributed by atoms with E-state index in [0.717, 1.165) is 16.8 Å². The molecule has 0 atom stereocenters. The lowest BCUT2D eigenvalue weighted by Gasteiger charge is -2.09. The molecule has 4 rings (SSSR count). The van der Waals surface area contributed by atoms with Gasteiger partial charge in [0.1, 0.15) is 10.7 Å². The first kappa shape index (κ1) is 18.1. The molecule has 142 valence electrons. The van der Waals surface area contributed by atoms with Crippen LogP contribution in [-0.4, -0.2) is 28.0 Å². The molecule has 0 bridgehead atoms. The first-order valence-electron chi connectivity index (χ1n) is 8.34. The second kappa shape index (κ2) is 6.68. The standard InChI is InChI=1S/C19H15FN4O3S/c1-23-8-7-14(22-23)12-24-19(25)16-10-17(20)18(9-13(16)11-21-24)28(26,27)15-5-3-2-4-6-15/h2-11H,12H2,1H3. The van der Waals surface area contributed by atoms with Gasteiger partial charge in [0, 0.05) is 18.6 Å². The smallest absolute Gasteiger partial charge is 0.275 e. The van der Waals surface area contributed by atoms with Crippen molar-refractivity contribution < 1.29 is 12.8 Å². The van der Waals surface area contributed by atoms with Crippen LogP contribution in [0, 0.1) is 5.82 Å². The van der Waals surface area contributed by atoms with Crippen LogP contribution in [-0.2, 0) is 23.4 Å². The zero-order valence-electron chi connectivity index (χ0n) is 14.8. The van der Waals surface area contributed by atoms with E-state index in [2.05, 4.69) is 10.2 Å². The summed E-state index contributed by atoms with van der Waals surface area (Å²) in [5.41, 5.74) is 0.103. The number of benzene rings is 2. The molecule has 0 unspecified atom stereocenters. The van der Waals surface area contributed by atoms with Gasteiger partial charge in [-0.3, -0.25) is 9.48 Å². The minimum atomic E-state index is -4.05. The van der Waals surface area contributed by atoms with Gasteiger partial charge in [-0.25, -0.2) is 17.5 Å². The van der Waals surface area contributed by atoms with Crippen LogP contribution in [0.5, 0.6) is 0 Å². The second-order valence-electron chi connectivity index (χ2n) is 6.27. The molecule has 0 fully saturated rings. The number of hydrogen-bond donors (Lipinski definition) is 0. The molecule has 0 amide bonds. The molecular formula is C19H15FN4O3S. The maximum absolute atomic E-state index is 14.7. The van der Waals surface area contributed by atoms with Crippen LogP contribution in [0.15, 0.2) is 75.5 Å². The fourth-order valence-electron chi connectivity index (χ4n) is 2.93. The minimum Gasteiger partial charge on any atom is -0.275 e. The van der Waals surface area contributed by atoms with E-state index in [9.17, 15) is 17.6 Å². The SMILES string of the molecule is Cn1ccc(Cn2ncc3cc(S(=O)(=O)c4ccccc4)c(F)cc3c2=O)n1. The van der Waals surface area contributed by atoms with Gasteiger partial charge in [0.2, 0.25) is 9.84 Å². The number of halogens is 1. The molecule has 4 aromatic rings. The Morgan fingerprint density at radius 1 is 1.11 bits per heavy atom. The van der Waals surface area contributed by atoms with Crippen LogP contribution in [0.4, 0.5) is 4.39 Å². The number of fused-ring (bicyclic) bond motifs is 1. The van der Waals surface area contributed by atoms with Crippen LogP contribution in [0.2, 0.25) is 0 Å². The molecule has 0 saturated heterocycles. The van der Waals surface area contributed by atoms with Crippen molar-refractivity contribution in [3.8, 4) is 0 Å². The molecule has 0 spiro atoms. The molecule has 0 aliphatic rings. The fourth-order valence-corrected chi connectivity index (χ4v) is 4.30. The Hall–Kier alpha value is -3.33. The first-order chi connectivity index (χ1) is 13.4. The molecule has 0 aliphatic carbocycles. The monoisotopic (exact) mass is 398 g/mol. The highest BCUT2D eigenvalue weighted by Crippen LogP contribution is 2.26. The number of hydrogen-bond acceptors (Lipinski definition) is 5. The minimum absolute atomic E-state index is 0.0234. The quantitative estimate of drug-likeness (QED) is 0.526. The number of nitrogens with zero attached hydrogens (tertiary/aromatic N) is 4. The third-order valence-electron chi connectivity index (χ3n) is 4.33. The number of aryl methyl sites for hydroxylation is 1. The van der Waals surface area contributed by atoms with Crippen molar-refractivity contribution in [3.63, 3.8) is 0 Å². The summed E-state index contributed by atoms with van der Waals surface area (Å²) in [4.78, 5) is 12.2. The molecule has 0 saturated carbocycles. The number of aromatic nitrogens is 4. The Kier molecular flexibility index (Phi) is 4.31. The molecule has 0 aliphatic heterocycles. The molecule has 0 N–H and O–H groups in total. The van der Waals surface area contributed by atoms with Crippen molar-refractivity contribution in [2.45, 2.75) is 16.3 Å². The summed E-state index contributed by atoms with van der Waals surface area (Å²) in [7, 11) is -2.30. The van der Waals surface area contributed by atoms with Crippen molar-refractivity contribution in [1.82, 2.24) is 19.6 Å². The third-order valence-corrected chi connectivity index (χ3v) is 6.11. The Bertz CT molecular complexity index is 1340. The van der Waals surface area contributed by atoms with Crippen molar-refractivity contribution in [2.24, 2.45) is 7.05 Å². The summed E-state index contributed by atoms with van der Waals surface area (Å²) in [6.07, 6.45) is 3.09. The van der Waals surface area contributed by atoms with E-state index >= 15 is 0 Å². The van der Waals surface area contributed by atoms with E-state index in [4.69, 9.17) is 0 Å². The molecule has 2 heterocycles. The summed E-state index contributed by atoms with van der Waals surface area (Å²) >= 11 is 0. The molecule has 2 aromatic carbocycles. The fraction of sp³-hybridized carbons (Fsp3) is 0.105. The highest BCUT2D eigenvalue weighted by Gasteiger charge is 2.23. The second-order valence-corrected chi connectivity index (χ2v) is 8.19. The van der Waals surface area contributed by atoms with E-state index in [1.165, 1.54) is 18.3 Å². The Morgan fingerprint density at radius 2 is 1.86 bits per heavy atom. The molecule has 7 nitrogen and oxygen atoms in total. The molecular weight excluding hydrogens is 383 g/mol. The van der Waals surface area contributed by atoms with Gasteiger partial charge in [-0.1, -0.05) is 18.2 Å². The maximum Gasteiger partial charge on any atom is 0.275 e. The van der Waals surface area contributed by atoms with Gasteiger partial charge in [0.15, 0.2) is 0 Å². The normalized spacial score (nSPS) is 11.8. The number of rotatable bonds is 4. The first-order valence-corrected chi connectivity index (χ1v) is 9.82. The average Bonchev–Trinajstić information content (AvgIpc) is 3.09. The van der Waals surface area contributed by atoms with Gasteiger partial charge >= 0.3 is 0 Å². The van der Waals surface area contributed by atoms with Crippen LogP contribution >= 0.6 is 0 Å². The topological polar surface area (TPSA) is 86.9 Å². The van der Waals surface area contributed by atoms with E-state index in [-0.39, 0.29) is 22.2 Å². The lowest BCUT2D eigenvalue weighted by atomic mass is 10.2. The van der Waals surface area contributed by atoms with Gasteiger partial charge in [0.05, 0.1) is 28.7 Å². The maximum atomic E-state index is 14.7. The van der Waals surface area contributed by atoms with Crippen molar-refractivity contribution >= 4 is 20.6 Å². The highest BCUT2D eigenvalue weighted by atomic mass is 32.2. The van der Waals surface area contributed by atoms with Gasteiger partial charge in [-0.2, -0.15) is 10.2 Å². The largest absolute Gasteiger partial charge is 0.275 e. The van der Waals surface area contributed by atoms with Gasteiger partial charge in [-0.15, -0.1) is 0 Å². The van der Waals surface area contributed by atoms with Gasteiger partial charge in [-0.05, 0) is 30.3 Å². The predicted octanol–water partition coefficient (Wildman–Crippen LogP) is 2.15. The molecule has 2 aromatic heterocycles. The summed E-state index contributed by atoms with van der Waals surface area (Å²) in [5, 5.41) is 8.56. The molecule has 28 heavy (non-hydrogen) atoms. The van der Waals surface area contributed by atoms with Gasteiger partial charge < -0.3 is 0 Å². The van der Waals surface area contributed by atoms with Crippen molar-refractivity contribution in [2.75, 3.05) is 0 Å². The third kappa shape index (κ3) is 3.09. The summed E-state index contributed by atoms with van der Waals surface area (Å²) < 4.78 is 42.9. The highest BCUT2D eigenvalue weighted by molar-refractivity contribution is 7.91. The summed E-state index contributed by atoms with van der Waals surface area (Å²) in [6.45, 7) is 0.126. The number of sulfone groups is 1. The zero-order chi connectivity index (χ0) is 19.9. The van der Waals surface area contributed by atoms with Crippen LogP contribution in [0.1, 0.15) is 5.69 Å². The Morgan fingerprint density at radius 3 is 2.54 bits per heavy atom.